The third-order valence-electron chi connectivity index (χ3n) is 5.67. The Labute approximate surface area is 110 Å². The van der Waals surface area contributed by atoms with Crippen LogP contribution in [-0.4, -0.2) is 17.5 Å². The summed E-state index contributed by atoms with van der Waals surface area (Å²) in [6, 6.07) is 0.121. The summed E-state index contributed by atoms with van der Waals surface area (Å²) in [6.45, 7) is 2.21. The van der Waals surface area contributed by atoms with E-state index in [4.69, 9.17) is 5.73 Å². The number of carbonyl (C=O) groups excluding carboxylic acids is 1. The van der Waals surface area contributed by atoms with Gasteiger partial charge in [0.15, 0.2) is 0 Å². The van der Waals surface area contributed by atoms with Gasteiger partial charge in [-0.05, 0) is 50.9 Å². The standard InChI is InChI=1S/C15H26N2O/c1-15(7-3-2-4-8-15)17-14(18)12-10-5-6-11(9-10)13(12)16/h10-13H,2-9,16H2,1H3,(H,17,18). The minimum absolute atomic E-state index is 0.0386. The predicted molar refractivity (Wildman–Crippen MR) is 71.9 cm³/mol. The van der Waals surface area contributed by atoms with Gasteiger partial charge < -0.3 is 11.1 Å². The summed E-state index contributed by atoms with van der Waals surface area (Å²) in [7, 11) is 0. The average molecular weight is 250 g/mol. The molecular weight excluding hydrogens is 224 g/mol. The zero-order valence-corrected chi connectivity index (χ0v) is 11.5. The first-order valence-electron chi connectivity index (χ1n) is 7.67. The van der Waals surface area contributed by atoms with Crippen LogP contribution in [-0.2, 0) is 4.79 Å². The minimum Gasteiger partial charge on any atom is -0.351 e. The molecule has 3 nitrogen and oxygen atoms in total. The molecule has 0 spiro atoms. The minimum atomic E-state index is 0.0386. The Balaban J connectivity index is 1.64. The summed E-state index contributed by atoms with van der Waals surface area (Å²) in [5, 5.41) is 3.33. The summed E-state index contributed by atoms with van der Waals surface area (Å²) >= 11 is 0. The molecule has 0 radical (unpaired) electrons. The molecular formula is C15H26N2O. The molecule has 3 saturated carbocycles. The van der Waals surface area contributed by atoms with Crippen molar-refractivity contribution in [1.82, 2.24) is 5.32 Å². The fraction of sp³-hybridized carbons (Fsp3) is 0.933. The third-order valence-corrected chi connectivity index (χ3v) is 5.67. The van der Waals surface area contributed by atoms with Crippen LogP contribution < -0.4 is 11.1 Å². The Morgan fingerprint density at radius 2 is 1.83 bits per heavy atom. The van der Waals surface area contributed by atoms with Crippen LogP contribution in [0.15, 0.2) is 0 Å². The van der Waals surface area contributed by atoms with E-state index in [9.17, 15) is 4.79 Å². The number of rotatable bonds is 2. The molecule has 3 N–H and O–H groups in total. The Morgan fingerprint density at radius 1 is 1.17 bits per heavy atom. The van der Waals surface area contributed by atoms with Gasteiger partial charge in [-0.25, -0.2) is 0 Å². The second kappa shape index (κ2) is 4.52. The predicted octanol–water partition coefficient (Wildman–Crippen LogP) is 2.20. The smallest absolute Gasteiger partial charge is 0.225 e. The molecule has 3 rings (SSSR count). The van der Waals surface area contributed by atoms with Gasteiger partial charge in [0.25, 0.3) is 0 Å². The van der Waals surface area contributed by atoms with Crippen LogP contribution >= 0.6 is 0 Å². The summed E-state index contributed by atoms with van der Waals surface area (Å²) in [4.78, 5) is 12.5. The molecule has 18 heavy (non-hydrogen) atoms. The van der Waals surface area contributed by atoms with Crippen LogP contribution in [0.2, 0.25) is 0 Å². The van der Waals surface area contributed by atoms with Gasteiger partial charge in [0.05, 0.1) is 5.92 Å². The van der Waals surface area contributed by atoms with Crippen LogP contribution in [0.25, 0.3) is 0 Å². The number of carbonyl (C=O) groups is 1. The van der Waals surface area contributed by atoms with Gasteiger partial charge in [-0.15, -0.1) is 0 Å². The second-order valence-corrected chi connectivity index (χ2v) is 7.05. The van der Waals surface area contributed by atoms with E-state index in [-0.39, 0.29) is 23.4 Å². The Morgan fingerprint density at radius 3 is 2.44 bits per heavy atom. The summed E-state index contributed by atoms with van der Waals surface area (Å²) in [6.07, 6.45) is 9.73. The van der Waals surface area contributed by atoms with E-state index in [1.54, 1.807) is 0 Å². The summed E-state index contributed by atoms with van der Waals surface area (Å²) in [5.74, 6) is 1.53. The average Bonchev–Trinajstić information content (AvgIpc) is 2.89. The number of amides is 1. The highest BCUT2D eigenvalue weighted by Gasteiger charge is 2.49. The second-order valence-electron chi connectivity index (χ2n) is 7.05. The normalized spacial score (nSPS) is 41.9. The van der Waals surface area contributed by atoms with Crippen molar-refractivity contribution >= 4 is 5.91 Å². The number of fused-ring (bicyclic) bond motifs is 2. The highest BCUT2D eigenvalue weighted by molar-refractivity contribution is 5.81. The van der Waals surface area contributed by atoms with Crippen LogP contribution in [0.5, 0.6) is 0 Å². The van der Waals surface area contributed by atoms with E-state index in [0.717, 1.165) is 12.8 Å². The van der Waals surface area contributed by atoms with Crippen LogP contribution in [0.3, 0.4) is 0 Å². The molecule has 0 aliphatic heterocycles. The lowest BCUT2D eigenvalue weighted by molar-refractivity contribution is -0.129. The van der Waals surface area contributed by atoms with E-state index in [0.29, 0.717) is 11.8 Å². The highest BCUT2D eigenvalue weighted by Crippen LogP contribution is 2.48. The molecule has 0 aromatic rings. The topological polar surface area (TPSA) is 55.1 Å². The first-order chi connectivity index (χ1) is 8.59. The maximum Gasteiger partial charge on any atom is 0.225 e. The van der Waals surface area contributed by atoms with Gasteiger partial charge >= 0.3 is 0 Å². The van der Waals surface area contributed by atoms with Crippen LogP contribution in [0.1, 0.15) is 58.3 Å². The zero-order chi connectivity index (χ0) is 12.8. The van der Waals surface area contributed by atoms with Crippen molar-refractivity contribution in [3.05, 3.63) is 0 Å². The van der Waals surface area contributed by atoms with Crippen molar-refractivity contribution in [2.75, 3.05) is 0 Å². The van der Waals surface area contributed by atoms with Crippen molar-refractivity contribution in [1.29, 1.82) is 0 Å². The SMILES string of the molecule is CC1(NC(=O)C2C3CCC(C3)C2N)CCCCC1. The number of hydrogen-bond donors (Lipinski definition) is 2. The molecule has 0 aromatic carbocycles. The van der Waals surface area contributed by atoms with E-state index >= 15 is 0 Å². The van der Waals surface area contributed by atoms with Crippen LogP contribution in [0.4, 0.5) is 0 Å². The quantitative estimate of drug-likeness (QED) is 0.789. The fourth-order valence-corrected chi connectivity index (χ4v) is 4.56. The first-order valence-corrected chi connectivity index (χ1v) is 7.67. The molecule has 1 amide bonds. The molecule has 3 fully saturated rings. The molecule has 102 valence electrons. The molecule has 0 aromatic heterocycles. The molecule has 0 saturated heterocycles. The van der Waals surface area contributed by atoms with Crippen molar-refractivity contribution in [3.8, 4) is 0 Å². The summed E-state index contributed by atoms with van der Waals surface area (Å²) in [5.41, 5.74) is 6.29. The Hall–Kier alpha value is -0.570. The molecule has 4 unspecified atom stereocenters. The van der Waals surface area contributed by atoms with Gasteiger partial charge in [0.1, 0.15) is 0 Å². The number of nitrogens with one attached hydrogen (secondary N) is 1. The van der Waals surface area contributed by atoms with Gasteiger partial charge in [0.2, 0.25) is 5.91 Å². The maximum atomic E-state index is 12.5. The molecule has 3 aliphatic rings. The van der Waals surface area contributed by atoms with Crippen molar-refractivity contribution < 1.29 is 4.79 Å². The van der Waals surface area contributed by atoms with Gasteiger partial charge in [-0.3, -0.25) is 4.79 Å². The molecule has 2 bridgehead atoms. The van der Waals surface area contributed by atoms with Gasteiger partial charge in [-0.2, -0.15) is 0 Å². The van der Waals surface area contributed by atoms with Gasteiger partial charge in [0, 0.05) is 11.6 Å². The van der Waals surface area contributed by atoms with E-state index in [2.05, 4.69) is 12.2 Å². The summed E-state index contributed by atoms with van der Waals surface area (Å²) < 4.78 is 0. The Bertz CT molecular complexity index is 333. The largest absolute Gasteiger partial charge is 0.351 e. The van der Waals surface area contributed by atoms with Crippen molar-refractivity contribution in [2.24, 2.45) is 23.5 Å². The zero-order valence-electron chi connectivity index (χ0n) is 11.5. The molecule has 3 aliphatic carbocycles. The lowest BCUT2D eigenvalue weighted by Gasteiger charge is -2.37. The lowest BCUT2D eigenvalue weighted by atomic mass is 9.80. The molecule has 4 atom stereocenters. The van der Waals surface area contributed by atoms with Gasteiger partial charge in [-0.1, -0.05) is 19.3 Å². The lowest BCUT2D eigenvalue weighted by Crippen LogP contribution is -2.53. The molecule has 0 heterocycles. The number of hydrogen-bond acceptors (Lipinski definition) is 2. The third kappa shape index (κ3) is 2.07. The van der Waals surface area contributed by atoms with E-state index < -0.39 is 0 Å². The van der Waals surface area contributed by atoms with Crippen molar-refractivity contribution in [2.45, 2.75) is 69.9 Å². The highest BCUT2D eigenvalue weighted by atomic mass is 16.2. The van der Waals surface area contributed by atoms with E-state index in [1.165, 1.54) is 38.5 Å². The fourth-order valence-electron chi connectivity index (χ4n) is 4.56. The van der Waals surface area contributed by atoms with Crippen molar-refractivity contribution in [3.63, 3.8) is 0 Å². The monoisotopic (exact) mass is 250 g/mol. The number of nitrogens with two attached hydrogens (primary N) is 1. The Kier molecular flexibility index (Phi) is 3.13. The first kappa shape index (κ1) is 12.5. The maximum absolute atomic E-state index is 12.5. The van der Waals surface area contributed by atoms with E-state index in [1.807, 2.05) is 0 Å². The molecule has 3 heteroatoms. The van der Waals surface area contributed by atoms with Crippen LogP contribution in [0, 0.1) is 17.8 Å².